The molecule has 0 amide bonds. The summed E-state index contributed by atoms with van der Waals surface area (Å²) in [6.45, 7) is 4.10. The Morgan fingerprint density at radius 2 is 1.91 bits per heavy atom. The molecule has 0 saturated heterocycles. The van der Waals surface area contributed by atoms with E-state index >= 15 is 0 Å². The summed E-state index contributed by atoms with van der Waals surface area (Å²) >= 11 is 3.46. The molecule has 0 N–H and O–H groups in total. The highest BCUT2D eigenvalue weighted by atomic mass is 79.9. The zero-order valence-electron chi connectivity index (χ0n) is 17.7. The van der Waals surface area contributed by atoms with Crippen molar-refractivity contribution in [3.05, 3.63) is 87.2 Å². The third-order valence-electron chi connectivity index (χ3n) is 5.65. The smallest absolute Gasteiger partial charge is 0.200 e. The number of nitrogens with zero attached hydrogens (tertiary/aromatic N) is 4. The Kier molecular flexibility index (Phi) is 5.35. The molecule has 2 aromatic carbocycles. The van der Waals surface area contributed by atoms with E-state index in [0.717, 1.165) is 39.6 Å². The van der Waals surface area contributed by atoms with E-state index in [2.05, 4.69) is 37.9 Å². The van der Waals surface area contributed by atoms with Crippen LogP contribution in [0.1, 0.15) is 37.8 Å². The van der Waals surface area contributed by atoms with Crippen molar-refractivity contribution in [2.45, 2.75) is 32.7 Å². The maximum atomic E-state index is 13.6. The minimum atomic E-state index is -0.354. The summed E-state index contributed by atoms with van der Waals surface area (Å²) in [6, 6.07) is 14.7. The largest absolute Gasteiger partial charge is 0.458 e. The second kappa shape index (κ2) is 8.31. The summed E-state index contributed by atoms with van der Waals surface area (Å²) in [5.41, 5.74) is 3.52. The molecule has 3 aromatic heterocycles. The Labute approximate surface area is 193 Å². The predicted molar refractivity (Wildman–Crippen MR) is 129 cm³/mol. The molecule has 5 aromatic rings. The SMILES string of the molecule is CCCc1ncnc2c1cnn2C(C)c1oc2ccc(Br)cc2c(=O)c1-c1ccccc1. The quantitative estimate of drug-likeness (QED) is 0.306. The van der Waals surface area contributed by atoms with Gasteiger partial charge in [0, 0.05) is 4.47 Å². The van der Waals surface area contributed by atoms with Crippen molar-refractivity contribution in [1.29, 1.82) is 0 Å². The third-order valence-corrected chi connectivity index (χ3v) is 6.14. The molecule has 5 rings (SSSR count). The predicted octanol–water partition coefficient (Wildman–Crippen LogP) is 5.92. The Morgan fingerprint density at radius 3 is 2.69 bits per heavy atom. The molecule has 0 fully saturated rings. The van der Waals surface area contributed by atoms with E-state index in [9.17, 15) is 4.79 Å². The monoisotopic (exact) mass is 488 g/mol. The van der Waals surface area contributed by atoms with Gasteiger partial charge >= 0.3 is 0 Å². The first-order valence-electron chi connectivity index (χ1n) is 10.6. The summed E-state index contributed by atoms with van der Waals surface area (Å²) in [5, 5.41) is 6.08. The van der Waals surface area contributed by atoms with Gasteiger partial charge in [-0.3, -0.25) is 4.79 Å². The van der Waals surface area contributed by atoms with Gasteiger partial charge in [0.1, 0.15) is 23.7 Å². The Bertz CT molecular complexity index is 1490. The molecule has 32 heavy (non-hydrogen) atoms. The number of hydrogen-bond donors (Lipinski definition) is 0. The zero-order chi connectivity index (χ0) is 22.2. The number of fused-ring (bicyclic) bond motifs is 2. The van der Waals surface area contributed by atoms with Crippen molar-refractivity contribution in [2.24, 2.45) is 0 Å². The number of halogens is 1. The summed E-state index contributed by atoms with van der Waals surface area (Å²) in [7, 11) is 0. The van der Waals surface area contributed by atoms with Crippen LogP contribution in [0.5, 0.6) is 0 Å². The molecule has 6 nitrogen and oxygen atoms in total. The van der Waals surface area contributed by atoms with E-state index in [1.165, 1.54) is 0 Å². The highest BCUT2D eigenvalue weighted by Gasteiger charge is 2.24. The minimum absolute atomic E-state index is 0.0710. The first-order chi connectivity index (χ1) is 15.6. The van der Waals surface area contributed by atoms with E-state index < -0.39 is 0 Å². The summed E-state index contributed by atoms with van der Waals surface area (Å²) in [6.07, 6.45) is 5.22. The average molecular weight is 489 g/mol. The molecule has 0 aliphatic heterocycles. The highest BCUT2D eigenvalue weighted by Crippen LogP contribution is 2.33. The van der Waals surface area contributed by atoms with Crippen molar-refractivity contribution >= 4 is 37.9 Å². The number of benzene rings is 2. The Hall–Kier alpha value is -3.32. The first-order valence-corrected chi connectivity index (χ1v) is 11.4. The van der Waals surface area contributed by atoms with Crippen molar-refractivity contribution in [3.63, 3.8) is 0 Å². The van der Waals surface area contributed by atoms with Gasteiger partial charge in [0.25, 0.3) is 0 Å². The lowest BCUT2D eigenvalue weighted by molar-refractivity contribution is 0.445. The maximum absolute atomic E-state index is 13.6. The highest BCUT2D eigenvalue weighted by molar-refractivity contribution is 9.10. The molecule has 1 unspecified atom stereocenters. The van der Waals surface area contributed by atoms with E-state index in [4.69, 9.17) is 4.42 Å². The summed E-state index contributed by atoms with van der Waals surface area (Å²) in [4.78, 5) is 22.6. The van der Waals surface area contributed by atoms with Gasteiger partial charge in [0.05, 0.1) is 28.2 Å². The van der Waals surface area contributed by atoms with Gasteiger partial charge in [-0.15, -0.1) is 0 Å². The fourth-order valence-electron chi connectivity index (χ4n) is 4.10. The van der Waals surface area contributed by atoms with Gasteiger partial charge in [-0.25, -0.2) is 14.6 Å². The van der Waals surface area contributed by atoms with Crippen LogP contribution in [0.2, 0.25) is 0 Å². The molecule has 0 radical (unpaired) electrons. The minimum Gasteiger partial charge on any atom is -0.458 e. The molecular weight excluding hydrogens is 468 g/mol. The second-order valence-corrected chi connectivity index (χ2v) is 8.67. The first kappa shape index (κ1) is 20.6. The molecule has 0 saturated carbocycles. The number of hydrogen-bond acceptors (Lipinski definition) is 5. The Morgan fingerprint density at radius 1 is 1.09 bits per heavy atom. The molecule has 0 bridgehead atoms. The van der Waals surface area contributed by atoms with Crippen LogP contribution in [0.15, 0.2) is 74.7 Å². The van der Waals surface area contributed by atoms with Crippen molar-refractivity contribution < 1.29 is 4.42 Å². The number of rotatable bonds is 5. The zero-order valence-corrected chi connectivity index (χ0v) is 19.3. The molecule has 0 aliphatic carbocycles. The van der Waals surface area contributed by atoms with Crippen LogP contribution >= 0.6 is 15.9 Å². The lowest BCUT2D eigenvalue weighted by atomic mass is 9.99. The van der Waals surface area contributed by atoms with Crippen LogP contribution in [0, 0.1) is 0 Å². The fraction of sp³-hybridized carbons (Fsp3) is 0.200. The molecule has 0 spiro atoms. The van der Waals surface area contributed by atoms with Gasteiger partial charge in [0.15, 0.2) is 5.65 Å². The van der Waals surface area contributed by atoms with Crippen molar-refractivity contribution in [1.82, 2.24) is 19.7 Å². The van der Waals surface area contributed by atoms with Crippen LogP contribution in [0.4, 0.5) is 0 Å². The van der Waals surface area contributed by atoms with Crippen LogP contribution in [0.3, 0.4) is 0 Å². The average Bonchev–Trinajstić information content (AvgIpc) is 3.25. The molecule has 160 valence electrons. The summed E-state index contributed by atoms with van der Waals surface area (Å²) in [5.74, 6) is 0.552. The molecule has 0 aliphatic rings. The van der Waals surface area contributed by atoms with Gasteiger partial charge in [-0.05, 0) is 37.1 Å². The molecule has 7 heteroatoms. The van der Waals surface area contributed by atoms with Gasteiger partial charge in [0.2, 0.25) is 5.43 Å². The van der Waals surface area contributed by atoms with Crippen molar-refractivity contribution in [3.8, 4) is 11.1 Å². The lowest BCUT2D eigenvalue weighted by Crippen LogP contribution is -2.16. The van der Waals surface area contributed by atoms with E-state index in [-0.39, 0.29) is 11.5 Å². The van der Waals surface area contributed by atoms with E-state index in [1.54, 1.807) is 18.6 Å². The number of aromatic nitrogens is 4. The van der Waals surface area contributed by atoms with Gasteiger partial charge in [-0.2, -0.15) is 5.10 Å². The second-order valence-electron chi connectivity index (χ2n) is 7.75. The fourth-order valence-corrected chi connectivity index (χ4v) is 4.46. The topological polar surface area (TPSA) is 73.8 Å². The van der Waals surface area contributed by atoms with E-state index in [1.807, 2.05) is 54.1 Å². The van der Waals surface area contributed by atoms with Crippen LogP contribution < -0.4 is 5.43 Å². The standard InChI is InChI=1S/C25H21BrN4O2/c1-3-7-20-19-13-29-30(25(19)28-14-27-20)15(2)24-22(16-8-5-4-6-9-16)23(31)18-12-17(26)10-11-21(18)32-24/h4-6,8-15H,3,7H2,1-2H3. The van der Waals surface area contributed by atoms with Crippen molar-refractivity contribution in [2.75, 3.05) is 0 Å². The molecular formula is C25H21BrN4O2. The molecule has 3 heterocycles. The van der Waals surface area contributed by atoms with Gasteiger partial charge < -0.3 is 4.42 Å². The van der Waals surface area contributed by atoms with Gasteiger partial charge in [-0.1, -0.05) is 59.6 Å². The van der Waals surface area contributed by atoms with Crippen LogP contribution in [-0.2, 0) is 6.42 Å². The van der Waals surface area contributed by atoms with E-state index in [0.29, 0.717) is 22.3 Å². The van der Waals surface area contributed by atoms with Crippen LogP contribution in [-0.4, -0.2) is 19.7 Å². The third kappa shape index (κ3) is 3.42. The summed E-state index contributed by atoms with van der Waals surface area (Å²) < 4.78 is 9.01. The lowest BCUT2D eigenvalue weighted by Gasteiger charge is -2.17. The maximum Gasteiger partial charge on any atom is 0.200 e. The Balaban J connectivity index is 1.77. The van der Waals surface area contributed by atoms with Crippen LogP contribution in [0.25, 0.3) is 33.1 Å². The normalized spacial score (nSPS) is 12.5. The molecule has 1 atom stereocenters. The number of aryl methyl sites for hydroxylation is 1.